The Kier molecular flexibility index (Phi) is 5.46. The minimum Gasteiger partial charge on any atom is -0.381 e. The van der Waals surface area contributed by atoms with Gasteiger partial charge in [-0.1, -0.05) is 11.2 Å². The van der Waals surface area contributed by atoms with E-state index in [-0.39, 0.29) is 41.9 Å². The fraction of sp³-hybridized carbons (Fsp3) is 0.526. The van der Waals surface area contributed by atoms with Crippen LogP contribution in [0, 0.1) is 11.8 Å². The molecule has 0 bridgehead atoms. The summed E-state index contributed by atoms with van der Waals surface area (Å²) in [7, 11) is 3.40. The zero-order chi connectivity index (χ0) is 19.6. The molecule has 0 aromatic heterocycles. The number of nitrogens with one attached hydrogen (secondary N) is 1. The summed E-state index contributed by atoms with van der Waals surface area (Å²) in [6.07, 6.45) is 1.51. The van der Waals surface area contributed by atoms with Crippen LogP contribution in [0.4, 0.5) is 5.69 Å². The predicted molar refractivity (Wildman–Crippen MR) is 100 cm³/mol. The van der Waals surface area contributed by atoms with E-state index in [9.17, 15) is 14.4 Å². The van der Waals surface area contributed by atoms with E-state index in [4.69, 9.17) is 5.53 Å². The minimum absolute atomic E-state index is 0.00200. The average molecular weight is 369 g/mol. The van der Waals surface area contributed by atoms with E-state index in [0.717, 1.165) is 5.56 Å². The summed E-state index contributed by atoms with van der Waals surface area (Å²) in [4.78, 5) is 41.7. The Morgan fingerprint density at radius 1 is 1.33 bits per heavy atom. The molecule has 1 aromatic carbocycles. The van der Waals surface area contributed by atoms with Crippen molar-refractivity contribution in [1.82, 2.24) is 4.90 Å². The third-order valence-corrected chi connectivity index (χ3v) is 5.42. The highest BCUT2D eigenvalue weighted by Gasteiger charge is 2.45. The maximum atomic E-state index is 13.2. The number of hydrogen-bond donors (Lipinski definition) is 1. The van der Waals surface area contributed by atoms with Gasteiger partial charge in [0.1, 0.15) is 5.78 Å². The van der Waals surface area contributed by atoms with E-state index in [1.54, 1.807) is 26.2 Å². The van der Waals surface area contributed by atoms with Gasteiger partial charge in [-0.3, -0.25) is 14.4 Å². The normalized spacial score (nSPS) is 23.6. The van der Waals surface area contributed by atoms with Gasteiger partial charge in [-0.05, 0) is 35.6 Å². The Bertz CT molecular complexity index is 829. The first-order valence-corrected chi connectivity index (χ1v) is 9.07. The van der Waals surface area contributed by atoms with Crippen molar-refractivity contribution in [2.45, 2.75) is 38.3 Å². The zero-order valence-corrected chi connectivity index (χ0v) is 15.5. The van der Waals surface area contributed by atoms with Gasteiger partial charge in [0, 0.05) is 61.5 Å². The SMILES string of the molecule is CN(C)C(=O)CC[C@H]1CC(=O)C[C@H]2Nc3ccc(CN=[N+]=[N-])cc3C(=O)[C@@H]12. The molecule has 142 valence electrons. The van der Waals surface area contributed by atoms with E-state index in [1.807, 2.05) is 6.07 Å². The van der Waals surface area contributed by atoms with Gasteiger partial charge >= 0.3 is 0 Å². The highest BCUT2D eigenvalue weighted by atomic mass is 16.2. The van der Waals surface area contributed by atoms with E-state index in [2.05, 4.69) is 15.3 Å². The van der Waals surface area contributed by atoms with Crippen molar-refractivity contribution in [3.8, 4) is 0 Å². The Balaban J connectivity index is 1.85. The third kappa shape index (κ3) is 3.95. The molecular weight excluding hydrogens is 346 g/mol. The van der Waals surface area contributed by atoms with Gasteiger partial charge in [0.25, 0.3) is 0 Å². The highest BCUT2D eigenvalue weighted by molar-refractivity contribution is 6.06. The number of anilines is 1. The maximum absolute atomic E-state index is 13.2. The second-order valence-corrected chi connectivity index (χ2v) is 7.44. The van der Waals surface area contributed by atoms with Crippen LogP contribution in [-0.4, -0.2) is 42.5 Å². The van der Waals surface area contributed by atoms with Crippen molar-refractivity contribution in [1.29, 1.82) is 0 Å². The number of nitrogens with zero attached hydrogens (tertiary/aromatic N) is 4. The second-order valence-electron chi connectivity index (χ2n) is 7.44. The molecule has 0 unspecified atom stereocenters. The number of ketones is 2. The molecule has 8 heteroatoms. The summed E-state index contributed by atoms with van der Waals surface area (Å²) in [5.74, 6) is -0.333. The van der Waals surface area contributed by atoms with Crippen molar-refractivity contribution in [3.05, 3.63) is 39.8 Å². The van der Waals surface area contributed by atoms with Crippen molar-refractivity contribution >= 4 is 23.2 Å². The van der Waals surface area contributed by atoms with Crippen LogP contribution in [0.1, 0.15) is 41.6 Å². The maximum Gasteiger partial charge on any atom is 0.222 e. The molecule has 8 nitrogen and oxygen atoms in total. The van der Waals surface area contributed by atoms with Gasteiger partial charge in [0.15, 0.2) is 5.78 Å². The molecule has 2 aliphatic rings. The second kappa shape index (κ2) is 7.80. The van der Waals surface area contributed by atoms with Crippen LogP contribution < -0.4 is 5.32 Å². The summed E-state index contributed by atoms with van der Waals surface area (Å²) in [6, 6.07) is 5.14. The van der Waals surface area contributed by atoms with Crippen molar-refractivity contribution in [2.75, 3.05) is 19.4 Å². The molecule has 1 aromatic rings. The Morgan fingerprint density at radius 2 is 2.11 bits per heavy atom. The van der Waals surface area contributed by atoms with Crippen LogP contribution in [0.15, 0.2) is 23.3 Å². The molecule has 1 fully saturated rings. The molecule has 0 saturated heterocycles. The molecule has 1 heterocycles. The monoisotopic (exact) mass is 369 g/mol. The average Bonchev–Trinajstić information content (AvgIpc) is 2.64. The molecule has 1 saturated carbocycles. The standard InChI is InChI=1S/C19H23N5O3/c1-24(2)17(26)6-4-12-8-13(25)9-16-18(12)19(27)14-7-11(10-21-23-20)3-5-15(14)22-16/h3,5,7,12,16,18,22H,4,6,8-10H2,1-2H3/t12-,16+,18-/m0/s1. The highest BCUT2D eigenvalue weighted by Crippen LogP contribution is 2.40. The quantitative estimate of drug-likeness (QED) is 0.488. The van der Waals surface area contributed by atoms with Crippen LogP contribution in [0.3, 0.4) is 0 Å². The van der Waals surface area contributed by atoms with Gasteiger partial charge in [0.05, 0.1) is 6.54 Å². The van der Waals surface area contributed by atoms with Crippen LogP contribution in [0.5, 0.6) is 0 Å². The Hall–Kier alpha value is -2.86. The van der Waals surface area contributed by atoms with Crippen molar-refractivity contribution in [3.63, 3.8) is 0 Å². The molecule has 0 spiro atoms. The minimum atomic E-state index is -0.320. The molecule has 1 aliphatic carbocycles. The largest absolute Gasteiger partial charge is 0.381 e. The lowest BCUT2D eigenvalue weighted by molar-refractivity contribution is -0.130. The number of Topliss-reactive ketones (excluding diaryl/α,β-unsaturated/α-hetero) is 2. The number of rotatable bonds is 5. The van der Waals surface area contributed by atoms with Crippen molar-refractivity contribution < 1.29 is 14.4 Å². The smallest absolute Gasteiger partial charge is 0.222 e. The summed E-state index contributed by atoms with van der Waals surface area (Å²) in [6.45, 7) is 0.185. The van der Waals surface area contributed by atoms with Gasteiger partial charge in [-0.25, -0.2) is 0 Å². The van der Waals surface area contributed by atoms with E-state index in [0.29, 0.717) is 36.9 Å². The number of hydrogen-bond acceptors (Lipinski definition) is 5. The number of carbonyl (C=O) groups excluding carboxylic acids is 3. The summed E-state index contributed by atoms with van der Waals surface area (Å²) in [5.41, 5.74) is 10.5. The fourth-order valence-corrected chi connectivity index (χ4v) is 4.07. The first-order valence-electron chi connectivity index (χ1n) is 9.07. The number of amides is 1. The molecule has 27 heavy (non-hydrogen) atoms. The number of benzene rings is 1. The van der Waals surface area contributed by atoms with Crippen LogP contribution >= 0.6 is 0 Å². The molecule has 1 amide bonds. The van der Waals surface area contributed by atoms with E-state index < -0.39 is 0 Å². The number of fused-ring (bicyclic) bond motifs is 2. The Labute approximate surface area is 157 Å². The summed E-state index contributed by atoms with van der Waals surface area (Å²) < 4.78 is 0. The van der Waals surface area contributed by atoms with E-state index in [1.165, 1.54) is 4.90 Å². The first-order chi connectivity index (χ1) is 12.9. The molecule has 3 atom stereocenters. The lowest BCUT2D eigenvalue weighted by Crippen LogP contribution is -2.48. The van der Waals surface area contributed by atoms with Gasteiger partial charge in [-0.15, -0.1) is 0 Å². The number of azide groups is 1. The first kappa shape index (κ1) is 18.9. The van der Waals surface area contributed by atoms with Crippen LogP contribution in [0.25, 0.3) is 10.4 Å². The number of carbonyl (C=O) groups is 3. The van der Waals surface area contributed by atoms with E-state index >= 15 is 0 Å². The summed E-state index contributed by atoms with van der Waals surface area (Å²) >= 11 is 0. The molecular formula is C19H23N5O3. The molecule has 3 rings (SSSR count). The van der Waals surface area contributed by atoms with Gasteiger partial charge < -0.3 is 10.2 Å². The van der Waals surface area contributed by atoms with Gasteiger partial charge in [0.2, 0.25) is 5.91 Å². The lowest BCUT2D eigenvalue weighted by atomic mass is 9.68. The fourth-order valence-electron chi connectivity index (χ4n) is 4.07. The Morgan fingerprint density at radius 3 is 2.81 bits per heavy atom. The third-order valence-electron chi connectivity index (χ3n) is 5.42. The van der Waals surface area contributed by atoms with Crippen molar-refractivity contribution in [2.24, 2.45) is 17.0 Å². The van der Waals surface area contributed by atoms with Crippen LogP contribution in [0.2, 0.25) is 0 Å². The summed E-state index contributed by atoms with van der Waals surface area (Å²) in [5, 5.41) is 6.89. The topological polar surface area (TPSA) is 115 Å². The zero-order valence-electron chi connectivity index (χ0n) is 15.5. The van der Waals surface area contributed by atoms with Crippen LogP contribution in [-0.2, 0) is 16.1 Å². The molecule has 1 N–H and O–H groups in total. The molecule has 0 radical (unpaired) electrons. The predicted octanol–water partition coefficient (Wildman–Crippen LogP) is 2.94. The lowest BCUT2D eigenvalue weighted by Gasteiger charge is -2.41. The van der Waals surface area contributed by atoms with Gasteiger partial charge in [-0.2, -0.15) is 0 Å². The molecule has 1 aliphatic heterocycles.